The maximum Gasteiger partial charge on any atom is 0.168 e. The van der Waals surface area contributed by atoms with E-state index < -0.39 is 0 Å². The number of rotatable bonds is 3. The fraction of sp³-hybridized carbons (Fsp3) is 0.647. The van der Waals surface area contributed by atoms with E-state index in [4.69, 9.17) is 4.74 Å². The van der Waals surface area contributed by atoms with Crippen molar-refractivity contribution in [1.29, 1.82) is 0 Å². The second-order valence-corrected chi connectivity index (χ2v) is 7.76. The second kappa shape index (κ2) is 6.05. The van der Waals surface area contributed by atoms with Crippen molar-refractivity contribution in [2.45, 2.75) is 50.3 Å². The SMILES string of the molecule is COc1cccc(C(C)(C)C2CCC(C)CC2Br)c1F. The highest BCUT2D eigenvalue weighted by molar-refractivity contribution is 9.09. The van der Waals surface area contributed by atoms with Crippen LogP contribution in [-0.2, 0) is 5.41 Å². The molecule has 0 aromatic heterocycles. The monoisotopic (exact) mass is 342 g/mol. The van der Waals surface area contributed by atoms with Gasteiger partial charge in [-0.25, -0.2) is 4.39 Å². The van der Waals surface area contributed by atoms with E-state index in [0.717, 1.165) is 17.9 Å². The van der Waals surface area contributed by atoms with Gasteiger partial charge in [0.1, 0.15) is 0 Å². The van der Waals surface area contributed by atoms with Crippen LogP contribution in [0, 0.1) is 17.7 Å². The van der Waals surface area contributed by atoms with Gasteiger partial charge in [0.2, 0.25) is 0 Å². The summed E-state index contributed by atoms with van der Waals surface area (Å²) < 4.78 is 19.7. The first kappa shape index (κ1) is 15.8. The Morgan fingerprint density at radius 2 is 2.00 bits per heavy atom. The summed E-state index contributed by atoms with van der Waals surface area (Å²) in [7, 11) is 1.52. The van der Waals surface area contributed by atoms with Gasteiger partial charge >= 0.3 is 0 Å². The van der Waals surface area contributed by atoms with Crippen LogP contribution in [0.4, 0.5) is 4.39 Å². The van der Waals surface area contributed by atoms with Gasteiger partial charge in [0.15, 0.2) is 11.6 Å². The van der Waals surface area contributed by atoms with Gasteiger partial charge in [0, 0.05) is 4.83 Å². The van der Waals surface area contributed by atoms with Crippen molar-refractivity contribution in [3.8, 4) is 5.75 Å². The summed E-state index contributed by atoms with van der Waals surface area (Å²) in [6.45, 7) is 6.60. The molecule has 3 atom stereocenters. The number of hydrogen-bond acceptors (Lipinski definition) is 1. The number of halogens is 2. The molecule has 20 heavy (non-hydrogen) atoms. The van der Waals surface area contributed by atoms with Gasteiger partial charge in [-0.2, -0.15) is 0 Å². The third-order valence-corrected chi connectivity index (χ3v) is 5.85. The lowest BCUT2D eigenvalue weighted by atomic mass is 9.65. The molecule has 1 saturated carbocycles. The molecule has 2 rings (SSSR count). The zero-order chi connectivity index (χ0) is 14.9. The molecule has 1 aliphatic carbocycles. The molecule has 112 valence electrons. The Hall–Kier alpha value is -0.570. The molecular weight excluding hydrogens is 319 g/mol. The van der Waals surface area contributed by atoms with E-state index in [1.165, 1.54) is 20.0 Å². The van der Waals surface area contributed by atoms with Gasteiger partial charge in [0.05, 0.1) is 7.11 Å². The van der Waals surface area contributed by atoms with Crippen molar-refractivity contribution in [2.75, 3.05) is 7.11 Å². The molecule has 0 aliphatic heterocycles. The topological polar surface area (TPSA) is 9.23 Å². The van der Waals surface area contributed by atoms with E-state index in [0.29, 0.717) is 16.5 Å². The van der Waals surface area contributed by atoms with Crippen LogP contribution in [0.15, 0.2) is 18.2 Å². The lowest BCUT2D eigenvalue weighted by Crippen LogP contribution is -2.39. The summed E-state index contributed by atoms with van der Waals surface area (Å²) in [5.41, 5.74) is 0.563. The maximum atomic E-state index is 14.6. The molecule has 0 N–H and O–H groups in total. The summed E-state index contributed by atoms with van der Waals surface area (Å²) in [6, 6.07) is 5.47. The zero-order valence-electron chi connectivity index (χ0n) is 12.7. The Labute approximate surface area is 130 Å². The number of ether oxygens (including phenoxy) is 1. The molecule has 0 amide bonds. The molecule has 1 aromatic carbocycles. The molecule has 0 bridgehead atoms. The van der Waals surface area contributed by atoms with E-state index in [1.54, 1.807) is 6.07 Å². The summed E-state index contributed by atoms with van der Waals surface area (Å²) >= 11 is 3.83. The molecular formula is C17H24BrFO. The Balaban J connectivity index is 2.34. The summed E-state index contributed by atoms with van der Waals surface area (Å²) in [5, 5.41) is 0. The van der Waals surface area contributed by atoms with Gasteiger partial charge < -0.3 is 4.74 Å². The second-order valence-electron chi connectivity index (χ2n) is 6.58. The highest BCUT2D eigenvalue weighted by atomic mass is 79.9. The summed E-state index contributed by atoms with van der Waals surface area (Å²) in [4.78, 5) is 0.451. The van der Waals surface area contributed by atoms with Crippen LogP contribution in [0.5, 0.6) is 5.75 Å². The highest BCUT2D eigenvalue weighted by Gasteiger charge is 2.40. The minimum Gasteiger partial charge on any atom is -0.494 e. The van der Waals surface area contributed by atoms with Crippen LogP contribution in [0.3, 0.4) is 0 Å². The number of alkyl halides is 1. The molecule has 1 nitrogen and oxygen atoms in total. The molecule has 3 heteroatoms. The van der Waals surface area contributed by atoms with E-state index in [1.807, 2.05) is 12.1 Å². The van der Waals surface area contributed by atoms with E-state index in [2.05, 4.69) is 36.7 Å². The third kappa shape index (κ3) is 2.88. The minimum atomic E-state index is -0.210. The molecule has 0 heterocycles. The van der Waals surface area contributed by atoms with Crippen molar-refractivity contribution in [1.82, 2.24) is 0 Å². The Kier molecular flexibility index (Phi) is 4.78. The van der Waals surface area contributed by atoms with Gasteiger partial charge in [0.25, 0.3) is 0 Å². The van der Waals surface area contributed by atoms with Crippen LogP contribution in [0.25, 0.3) is 0 Å². The van der Waals surface area contributed by atoms with Crippen molar-refractivity contribution in [3.05, 3.63) is 29.6 Å². The molecule has 0 radical (unpaired) electrons. The average molecular weight is 343 g/mol. The first-order chi connectivity index (χ1) is 9.37. The first-order valence-corrected chi connectivity index (χ1v) is 8.26. The van der Waals surface area contributed by atoms with Crippen LogP contribution in [0.2, 0.25) is 0 Å². The quantitative estimate of drug-likeness (QED) is 0.676. The molecule has 1 aromatic rings. The highest BCUT2D eigenvalue weighted by Crippen LogP contribution is 2.46. The van der Waals surface area contributed by atoms with Gasteiger partial charge in [-0.3, -0.25) is 0 Å². The summed E-state index contributed by atoms with van der Waals surface area (Å²) in [6.07, 6.45) is 3.53. The summed E-state index contributed by atoms with van der Waals surface area (Å²) in [5.74, 6) is 1.33. The lowest BCUT2D eigenvalue weighted by molar-refractivity contribution is 0.209. The fourth-order valence-corrected chi connectivity index (χ4v) is 5.05. The predicted molar refractivity (Wildman–Crippen MR) is 85.2 cm³/mol. The standard InChI is InChI=1S/C17H24BrFO/c1-11-8-9-12(14(18)10-11)17(2,3)13-6-5-7-15(20-4)16(13)19/h5-7,11-12,14H,8-10H2,1-4H3. The Morgan fingerprint density at radius 3 is 2.60 bits per heavy atom. The molecule has 3 unspecified atom stereocenters. The van der Waals surface area contributed by atoms with Gasteiger partial charge in [-0.05, 0) is 41.7 Å². The van der Waals surface area contributed by atoms with E-state index in [9.17, 15) is 4.39 Å². The molecule has 1 aliphatic rings. The van der Waals surface area contributed by atoms with Crippen molar-refractivity contribution in [2.24, 2.45) is 11.8 Å². The Morgan fingerprint density at radius 1 is 1.30 bits per heavy atom. The van der Waals surface area contributed by atoms with Crippen molar-refractivity contribution >= 4 is 15.9 Å². The largest absolute Gasteiger partial charge is 0.494 e. The van der Waals surface area contributed by atoms with Gasteiger partial charge in [-0.15, -0.1) is 0 Å². The Bertz CT molecular complexity index is 472. The smallest absolute Gasteiger partial charge is 0.168 e. The number of benzene rings is 1. The molecule has 1 fully saturated rings. The zero-order valence-corrected chi connectivity index (χ0v) is 14.3. The number of methoxy groups -OCH3 is 1. The van der Waals surface area contributed by atoms with E-state index >= 15 is 0 Å². The fourth-order valence-electron chi connectivity index (χ4n) is 3.49. The lowest BCUT2D eigenvalue weighted by Gasteiger charge is -2.42. The average Bonchev–Trinajstić information content (AvgIpc) is 2.38. The maximum absolute atomic E-state index is 14.6. The molecule has 0 saturated heterocycles. The van der Waals surface area contributed by atoms with Crippen LogP contribution >= 0.6 is 15.9 Å². The van der Waals surface area contributed by atoms with Crippen LogP contribution in [-0.4, -0.2) is 11.9 Å². The molecule has 0 spiro atoms. The van der Waals surface area contributed by atoms with Crippen molar-refractivity contribution in [3.63, 3.8) is 0 Å². The normalized spacial score (nSPS) is 27.4. The van der Waals surface area contributed by atoms with E-state index in [-0.39, 0.29) is 11.2 Å². The van der Waals surface area contributed by atoms with Crippen LogP contribution in [0.1, 0.15) is 45.6 Å². The van der Waals surface area contributed by atoms with Gasteiger partial charge in [-0.1, -0.05) is 55.3 Å². The van der Waals surface area contributed by atoms with Crippen LogP contribution < -0.4 is 4.74 Å². The minimum absolute atomic E-state index is 0.201. The number of hydrogen-bond donors (Lipinski definition) is 0. The first-order valence-electron chi connectivity index (χ1n) is 7.35. The van der Waals surface area contributed by atoms with Crippen molar-refractivity contribution < 1.29 is 9.13 Å². The third-order valence-electron chi connectivity index (χ3n) is 4.84. The predicted octanol–water partition coefficient (Wildman–Crippen LogP) is 5.31.